The first kappa shape index (κ1) is 15.4. The van der Waals surface area contributed by atoms with Crippen molar-refractivity contribution in [2.45, 2.75) is 20.0 Å². The van der Waals surface area contributed by atoms with Gasteiger partial charge in [-0.1, -0.05) is 25.4 Å². The summed E-state index contributed by atoms with van der Waals surface area (Å²) in [5.74, 6) is -0.928. The summed E-state index contributed by atoms with van der Waals surface area (Å²) in [6, 6.07) is 7.43. The van der Waals surface area contributed by atoms with E-state index in [2.05, 4.69) is 4.98 Å². The third kappa shape index (κ3) is 3.79. The molecule has 1 aromatic carbocycles. The summed E-state index contributed by atoms with van der Waals surface area (Å²) in [5, 5.41) is 0.277. The Balaban J connectivity index is 2.26. The SMILES string of the molecule is CC(C)C(Oc1ccc(Cl)cc1F)C(=O)c1cccnc1. The Kier molecular flexibility index (Phi) is 4.91. The van der Waals surface area contributed by atoms with Crippen LogP contribution in [0.5, 0.6) is 5.75 Å². The molecule has 0 saturated heterocycles. The second kappa shape index (κ2) is 6.68. The monoisotopic (exact) mass is 307 g/mol. The van der Waals surface area contributed by atoms with Crippen molar-refractivity contribution >= 4 is 17.4 Å². The number of hydrogen-bond acceptors (Lipinski definition) is 3. The molecule has 0 fully saturated rings. The summed E-state index contributed by atoms with van der Waals surface area (Å²) in [6.45, 7) is 3.68. The van der Waals surface area contributed by atoms with Crippen LogP contribution in [0.25, 0.3) is 0 Å². The molecular formula is C16H15ClFNO2. The van der Waals surface area contributed by atoms with E-state index in [0.29, 0.717) is 5.56 Å². The lowest BCUT2D eigenvalue weighted by Crippen LogP contribution is -2.33. The Hall–Kier alpha value is -1.94. The van der Waals surface area contributed by atoms with Crippen molar-refractivity contribution in [3.05, 3.63) is 59.1 Å². The summed E-state index contributed by atoms with van der Waals surface area (Å²) >= 11 is 5.70. The number of nitrogens with zero attached hydrogens (tertiary/aromatic N) is 1. The van der Waals surface area contributed by atoms with Gasteiger partial charge in [0, 0.05) is 23.0 Å². The van der Waals surface area contributed by atoms with E-state index in [1.165, 1.54) is 18.3 Å². The van der Waals surface area contributed by atoms with Gasteiger partial charge in [-0.15, -0.1) is 0 Å². The van der Waals surface area contributed by atoms with Crippen molar-refractivity contribution in [3.63, 3.8) is 0 Å². The fourth-order valence-electron chi connectivity index (χ4n) is 1.87. The number of halogens is 2. The van der Waals surface area contributed by atoms with Crippen molar-refractivity contribution in [3.8, 4) is 5.75 Å². The molecule has 5 heteroatoms. The van der Waals surface area contributed by atoms with Crippen molar-refractivity contribution in [1.82, 2.24) is 4.98 Å². The van der Waals surface area contributed by atoms with Gasteiger partial charge in [-0.25, -0.2) is 4.39 Å². The third-order valence-electron chi connectivity index (χ3n) is 2.96. The highest BCUT2D eigenvalue weighted by Crippen LogP contribution is 2.24. The predicted molar refractivity (Wildman–Crippen MR) is 79.2 cm³/mol. The Morgan fingerprint density at radius 3 is 2.67 bits per heavy atom. The van der Waals surface area contributed by atoms with Gasteiger partial charge in [0.25, 0.3) is 0 Å². The number of pyridine rings is 1. The first-order valence-electron chi connectivity index (χ1n) is 6.55. The molecular weight excluding hydrogens is 293 g/mol. The summed E-state index contributed by atoms with van der Waals surface area (Å²) < 4.78 is 19.4. The molecule has 2 rings (SSSR count). The van der Waals surface area contributed by atoms with Gasteiger partial charge in [-0.2, -0.15) is 0 Å². The fraction of sp³-hybridized carbons (Fsp3) is 0.250. The molecule has 0 aliphatic rings. The van der Waals surface area contributed by atoms with E-state index in [1.807, 2.05) is 13.8 Å². The van der Waals surface area contributed by atoms with Crippen LogP contribution in [0.4, 0.5) is 4.39 Å². The van der Waals surface area contributed by atoms with Gasteiger partial charge in [0.15, 0.2) is 17.7 Å². The lowest BCUT2D eigenvalue weighted by atomic mass is 9.98. The van der Waals surface area contributed by atoms with E-state index in [9.17, 15) is 9.18 Å². The van der Waals surface area contributed by atoms with E-state index in [-0.39, 0.29) is 22.5 Å². The number of ketones is 1. The summed E-state index contributed by atoms with van der Waals surface area (Å²) in [5.41, 5.74) is 0.436. The Morgan fingerprint density at radius 2 is 2.10 bits per heavy atom. The lowest BCUT2D eigenvalue weighted by molar-refractivity contribution is 0.0702. The smallest absolute Gasteiger partial charge is 0.205 e. The molecule has 1 heterocycles. The van der Waals surface area contributed by atoms with Crippen LogP contribution < -0.4 is 4.74 Å². The van der Waals surface area contributed by atoms with E-state index >= 15 is 0 Å². The summed E-state index contributed by atoms with van der Waals surface area (Å²) in [7, 11) is 0. The number of carbonyl (C=O) groups is 1. The molecule has 0 aliphatic carbocycles. The lowest BCUT2D eigenvalue weighted by Gasteiger charge is -2.21. The molecule has 0 amide bonds. The van der Waals surface area contributed by atoms with Gasteiger partial charge >= 0.3 is 0 Å². The number of aromatic nitrogens is 1. The quantitative estimate of drug-likeness (QED) is 0.779. The molecule has 0 bridgehead atoms. The highest BCUT2D eigenvalue weighted by molar-refractivity contribution is 6.30. The molecule has 3 nitrogen and oxygen atoms in total. The Labute approximate surface area is 127 Å². The van der Waals surface area contributed by atoms with Crippen molar-refractivity contribution in [2.75, 3.05) is 0 Å². The van der Waals surface area contributed by atoms with Crippen LogP contribution in [0.3, 0.4) is 0 Å². The maximum absolute atomic E-state index is 13.8. The molecule has 1 unspecified atom stereocenters. The molecule has 21 heavy (non-hydrogen) atoms. The van der Waals surface area contributed by atoms with Crippen LogP contribution in [0.2, 0.25) is 5.02 Å². The molecule has 0 N–H and O–H groups in total. The van der Waals surface area contributed by atoms with E-state index < -0.39 is 11.9 Å². The number of hydrogen-bond donors (Lipinski definition) is 0. The van der Waals surface area contributed by atoms with E-state index in [4.69, 9.17) is 16.3 Å². The summed E-state index contributed by atoms with van der Waals surface area (Å²) in [4.78, 5) is 16.4. The standard InChI is InChI=1S/C16H15ClFNO2/c1-10(2)16(15(20)11-4-3-7-19-9-11)21-14-6-5-12(17)8-13(14)18/h3-10,16H,1-2H3. The van der Waals surface area contributed by atoms with Gasteiger partial charge in [0.1, 0.15) is 0 Å². The minimum Gasteiger partial charge on any atom is -0.479 e. The molecule has 2 aromatic rings. The Morgan fingerprint density at radius 1 is 1.33 bits per heavy atom. The first-order valence-corrected chi connectivity index (χ1v) is 6.93. The largest absolute Gasteiger partial charge is 0.479 e. The Bertz CT molecular complexity index is 631. The molecule has 0 aliphatic heterocycles. The van der Waals surface area contributed by atoms with Crippen molar-refractivity contribution < 1.29 is 13.9 Å². The molecule has 0 radical (unpaired) electrons. The van der Waals surface area contributed by atoms with Crippen LogP contribution in [-0.2, 0) is 0 Å². The van der Waals surface area contributed by atoms with Gasteiger partial charge in [-0.05, 0) is 36.2 Å². The highest BCUT2D eigenvalue weighted by atomic mass is 35.5. The van der Waals surface area contributed by atoms with Crippen LogP contribution in [0.1, 0.15) is 24.2 Å². The molecule has 0 spiro atoms. The van der Waals surface area contributed by atoms with Crippen LogP contribution >= 0.6 is 11.6 Å². The third-order valence-corrected chi connectivity index (χ3v) is 3.19. The van der Waals surface area contributed by atoms with Crippen LogP contribution in [0.15, 0.2) is 42.7 Å². The molecule has 1 atom stereocenters. The minimum atomic E-state index is -0.787. The van der Waals surface area contributed by atoms with Gasteiger partial charge < -0.3 is 4.74 Å². The topological polar surface area (TPSA) is 39.2 Å². The normalized spacial score (nSPS) is 12.2. The molecule has 110 valence electrons. The number of rotatable bonds is 5. The van der Waals surface area contributed by atoms with Gasteiger partial charge in [-0.3, -0.25) is 9.78 Å². The van der Waals surface area contributed by atoms with Crippen LogP contribution in [0, 0.1) is 11.7 Å². The minimum absolute atomic E-state index is 0.00957. The first-order chi connectivity index (χ1) is 9.99. The number of benzene rings is 1. The molecule has 1 aromatic heterocycles. The number of ether oxygens (including phenoxy) is 1. The van der Waals surface area contributed by atoms with Crippen LogP contribution in [-0.4, -0.2) is 16.9 Å². The predicted octanol–water partition coefficient (Wildman–Crippen LogP) is 4.16. The zero-order valence-corrected chi connectivity index (χ0v) is 12.5. The van der Waals surface area contributed by atoms with Crippen molar-refractivity contribution in [2.24, 2.45) is 5.92 Å². The van der Waals surface area contributed by atoms with Crippen molar-refractivity contribution in [1.29, 1.82) is 0 Å². The molecule has 0 saturated carbocycles. The maximum atomic E-state index is 13.8. The second-order valence-electron chi connectivity index (χ2n) is 4.96. The summed E-state index contributed by atoms with van der Waals surface area (Å²) in [6.07, 6.45) is 2.27. The average molecular weight is 308 g/mol. The second-order valence-corrected chi connectivity index (χ2v) is 5.40. The van der Waals surface area contributed by atoms with Gasteiger partial charge in [0.05, 0.1) is 0 Å². The maximum Gasteiger partial charge on any atom is 0.205 e. The number of carbonyl (C=O) groups excluding carboxylic acids is 1. The van der Waals surface area contributed by atoms with E-state index in [1.54, 1.807) is 18.3 Å². The van der Waals surface area contributed by atoms with Gasteiger partial charge in [0.2, 0.25) is 5.78 Å². The number of Topliss-reactive ketones (excluding diaryl/α,β-unsaturated/α-hetero) is 1. The van der Waals surface area contributed by atoms with E-state index in [0.717, 1.165) is 6.07 Å². The zero-order chi connectivity index (χ0) is 15.4. The highest BCUT2D eigenvalue weighted by Gasteiger charge is 2.26. The fourth-order valence-corrected chi connectivity index (χ4v) is 2.03. The average Bonchev–Trinajstić information content (AvgIpc) is 2.46. The zero-order valence-electron chi connectivity index (χ0n) is 11.7.